The summed E-state index contributed by atoms with van der Waals surface area (Å²) in [5.74, 6) is 1.06. The predicted molar refractivity (Wildman–Crippen MR) is 114 cm³/mol. The first-order valence-corrected chi connectivity index (χ1v) is 9.46. The fraction of sp³-hybridized carbons (Fsp3) is 0.316. The Kier molecular flexibility index (Phi) is 7.88. The van der Waals surface area contributed by atoms with Crippen LogP contribution in [-0.4, -0.2) is 26.1 Å². The first-order valence-electron chi connectivity index (χ1n) is 9.08. The number of nitrogens with two attached hydrogens (primary N) is 3. The molecule has 152 valence electrons. The maximum atomic E-state index is 12.5. The molecule has 0 aliphatic heterocycles. The molecule has 0 spiro atoms. The molecule has 0 unspecified atom stereocenters. The number of aryl methyl sites for hydroxylation is 1. The molecule has 3 aromatic rings. The minimum atomic E-state index is -0.0625. The van der Waals surface area contributed by atoms with E-state index in [1.54, 1.807) is 16.7 Å². The second-order valence-corrected chi connectivity index (χ2v) is 6.55. The Morgan fingerprint density at radius 3 is 2.48 bits per heavy atom. The number of halogens is 1. The molecular formula is C19H23ClN8O. The van der Waals surface area contributed by atoms with Crippen LogP contribution in [0.3, 0.4) is 0 Å². The molecule has 0 saturated heterocycles. The van der Waals surface area contributed by atoms with E-state index in [9.17, 15) is 4.79 Å². The number of fused-ring (bicyclic) bond motifs is 1. The summed E-state index contributed by atoms with van der Waals surface area (Å²) in [4.78, 5) is 24.3. The van der Waals surface area contributed by atoms with Crippen molar-refractivity contribution < 1.29 is 0 Å². The quantitative estimate of drug-likeness (QED) is 0.569. The van der Waals surface area contributed by atoms with Gasteiger partial charge in [-0.1, -0.05) is 24.6 Å². The van der Waals surface area contributed by atoms with Gasteiger partial charge in [0.1, 0.15) is 35.4 Å². The highest BCUT2D eigenvalue weighted by molar-refractivity contribution is 6.35. The Balaban J connectivity index is 0.000000253. The maximum absolute atomic E-state index is 12.5. The monoisotopic (exact) mass is 414 g/mol. The molecule has 3 rings (SSSR count). The van der Waals surface area contributed by atoms with Gasteiger partial charge in [-0.25, -0.2) is 15.0 Å². The summed E-state index contributed by atoms with van der Waals surface area (Å²) in [6, 6.07) is 7.16. The van der Waals surface area contributed by atoms with Crippen LogP contribution in [-0.2, 0) is 13.0 Å². The Bertz CT molecular complexity index is 1070. The lowest BCUT2D eigenvalue weighted by atomic mass is 10.2. The van der Waals surface area contributed by atoms with Crippen LogP contribution >= 0.6 is 11.6 Å². The fourth-order valence-electron chi connectivity index (χ4n) is 2.69. The van der Waals surface area contributed by atoms with E-state index in [4.69, 9.17) is 34.1 Å². The van der Waals surface area contributed by atoms with E-state index in [0.29, 0.717) is 29.0 Å². The zero-order valence-corrected chi connectivity index (χ0v) is 16.9. The second-order valence-electron chi connectivity index (χ2n) is 6.14. The predicted octanol–water partition coefficient (Wildman–Crippen LogP) is 1.86. The van der Waals surface area contributed by atoms with Crippen molar-refractivity contribution >= 4 is 34.1 Å². The van der Waals surface area contributed by atoms with Crippen molar-refractivity contribution in [2.75, 3.05) is 18.0 Å². The Morgan fingerprint density at radius 1 is 1.24 bits per heavy atom. The first kappa shape index (κ1) is 22.1. The van der Waals surface area contributed by atoms with E-state index in [1.807, 2.05) is 12.1 Å². The lowest BCUT2D eigenvalue weighted by molar-refractivity contribution is 0.584. The number of nitrogen functional groups attached to an aromatic ring is 2. The van der Waals surface area contributed by atoms with E-state index in [-0.39, 0.29) is 22.8 Å². The van der Waals surface area contributed by atoms with Crippen molar-refractivity contribution in [1.29, 1.82) is 5.26 Å². The minimum Gasteiger partial charge on any atom is -0.382 e. The largest absolute Gasteiger partial charge is 0.382 e. The van der Waals surface area contributed by atoms with Gasteiger partial charge < -0.3 is 17.2 Å². The van der Waals surface area contributed by atoms with Crippen molar-refractivity contribution in [3.63, 3.8) is 0 Å². The van der Waals surface area contributed by atoms with Gasteiger partial charge in [0, 0.05) is 13.0 Å². The summed E-state index contributed by atoms with van der Waals surface area (Å²) in [5.41, 5.74) is 16.8. The van der Waals surface area contributed by atoms with Gasteiger partial charge in [-0.2, -0.15) is 5.26 Å². The zero-order valence-electron chi connectivity index (χ0n) is 16.1. The van der Waals surface area contributed by atoms with Gasteiger partial charge in [0.05, 0.1) is 15.9 Å². The normalized spacial score (nSPS) is 10.3. The van der Waals surface area contributed by atoms with Crippen LogP contribution in [0.15, 0.2) is 29.3 Å². The topological polar surface area (TPSA) is 163 Å². The van der Waals surface area contributed by atoms with Crippen LogP contribution in [0.25, 0.3) is 10.9 Å². The van der Waals surface area contributed by atoms with Crippen LogP contribution in [0.1, 0.15) is 31.2 Å². The second kappa shape index (κ2) is 10.4. The molecule has 2 aromatic heterocycles. The summed E-state index contributed by atoms with van der Waals surface area (Å²) < 4.78 is 1.71. The van der Waals surface area contributed by atoms with Crippen molar-refractivity contribution in [2.45, 2.75) is 32.7 Å². The summed E-state index contributed by atoms with van der Waals surface area (Å²) in [7, 11) is 0. The van der Waals surface area contributed by atoms with Gasteiger partial charge in [-0.15, -0.1) is 0 Å². The molecule has 9 nitrogen and oxygen atoms in total. The SMILES string of the molecule is CCCc1nc2cccc(Cl)c2c(=O)n1CCCN.N#Cc1c(N)ncnc1N. The average molecular weight is 415 g/mol. The fourth-order valence-corrected chi connectivity index (χ4v) is 2.94. The summed E-state index contributed by atoms with van der Waals surface area (Å²) >= 11 is 6.12. The Hall–Kier alpha value is -3.22. The summed E-state index contributed by atoms with van der Waals surface area (Å²) in [5, 5.41) is 9.37. The third-order valence-corrected chi connectivity index (χ3v) is 4.40. The first-order chi connectivity index (χ1) is 13.9. The van der Waals surface area contributed by atoms with Gasteiger partial charge in [0.2, 0.25) is 0 Å². The average Bonchev–Trinajstić information content (AvgIpc) is 2.68. The van der Waals surface area contributed by atoms with E-state index in [1.165, 1.54) is 6.33 Å². The van der Waals surface area contributed by atoms with Crippen molar-refractivity contribution in [1.82, 2.24) is 19.5 Å². The summed E-state index contributed by atoms with van der Waals surface area (Å²) in [6.07, 6.45) is 3.70. The molecule has 0 aliphatic carbocycles. The minimum absolute atomic E-state index is 0.0625. The molecule has 10 heteroatoms. The third-order valence-electron chi connectivity index (χ3n) is 4.09. The molecule has 6 N–H and O–H groups in total. The van der Waals surface area contributed by atoms with Crippen LogP contribution in [0.2, 0.25) is 5.02 Å². The lowest BCUT2D eigenvalue weighted by Gasteiger charge is -2.13. The highest BCUT2D eigenvalue weighted by Crippen LogP contribution is 2.19. The number of rotatable bonds is 5. The molecule has 1 aromatic carbocycles. The lowest BCUT2D eigenvalue weighted by Crippen LogP contribution is -2.26. The molecule has 0 fully saturated rings. The van der Waals surface area contributed by atoms with Crippen LogP contribution in [0, 0.1) is 11.3 Å². The number of hydrogen-bond donors (Lipinski definition) is 3. The number of nitrogens with zero attached hydrogens (tertiary/aromatic N) is 5. The molecule has 0 saturated carbocycles. The number of aromatic nitrogens is 4. The van der Waals surface area contributed by atoms with Crippen LogP contribution in [0.5, 0.6) is 0 Å². The van der Waals surface area contributed by atoms with Gasteiger partial charge in [0.15, 0.2) is 0 Å². The third kappa shape index (κ3) is 5.19. The van der Waals surface area contributed by atoms with Crippen LogP contribution < -0.4 is 22.8 Å². The van der Waals surface area contributed by atoms with Crippen LogP contribution in [0.4, 0.5) is 11.6 Å². The summed E-state index contributed by atoms with van der Waals surface area (Å²) in [6.45, 7) is 3.22. The molecule has 0 aliphatic rings. The van der Waals surface area contributed by atoms with Crippen molar-refractivity contribution in [3.05, 3.63) is 51.3 Å². The standard InChI is InChI=1S/C14H18ClN3O.C5H5N5/c1-2-5-12-17-11-7-3-6-10(15)13(11)14(19)18(12)9-4-8-16;6-1-3-4(7)9-2-10-5(3)8/h3,6-7H,2,4-5,8-9,16H2,1H3;2H,(H4,7,8,9,10). The Morgan fingerprint density at radius 2 is 1.93 bits per heavy atom. The molecule has 2 heterocycles. The van der Waals surface area contributed by atoms with Gasteiger partial charge in [0.25, 0.3) is 5.56 Å². The molecular weight excluding hydrogens is 392 g/mol. The van der Waals surface area contributed by atoms with Gasteiger partial charge in [-0.3, -0.25) is 9.36 Å². The number of nitriles is 1. The number of hydrogen-bond acceptors (Lipinski definition) is 8. The van der Waals surface area contributed by atoms with E-state index in [2.05, 4.69) is 21.9 Å². The highest BCUT2D eigenvalue weighted by atomic mass is 35.5. The van der Waals surface area contributed by atoms with Crippen molar-refractivity contribution in [3.8, 4) is 6.07 Å². The van der Waals surface area contributed by atoms with E-state index < -0.39 is 0 Å². The molecule has 0 bridgehead atoms. The van der Waals surface area contributed by atoms with Crippen molar-refractivity contribution in [2.24, 2.45) is 5.73 Å². The Labute approximate surface area is 173 Å². The van der Waals surface area contributed by atoms with E-state index >= 15 is 0 Å². The van der Waals surface area contributed by atoms with Gasteiger partial charge >= 0.3 is 0 Å². The molecule has 0 amide bonds. The number of benzene rings is 1. The maximum Gasteiger partial charge on any atom is 0.262 e. The highest BCUT2D eigenvalue weighted by Gasteiger charge is 2.12. The van der Waals surface area contributed by atoms with Gasteiger partial charge in [-0.05, 0) is 31.5 Å². The zero-order chi connectivity index (χ0) is 21.4. The number of anilines is 2. The molecule has 0 atom stereocenters. The van der Waals surface area contributed by atoms with E-state index in [0.717, 1.165) is 25.1 Å². The molecule has 29 heavy (non-hydrogen) atoms. The smallest absolute Gasteiger partial charge is 0.262 e. The molecule has 0 radical (unpaired) electrons.